The molecule has 8 bridgehead atoms. The first-order chi connectivity index (χ1) is 50.4. The van der Waals surface area contributed by atoms with Crippen LogP contribution in [0.1, 0.15) is 116 Å². The van der Waals surface area contributed by atoms with Crippen LogP contribution in [0.4, 0.5) is 17.1 Å². The van der Waals surface area contributed by atoms with Crippen molar-refractivity contribution in [2.45, 2.75) is 92.8 Å². The van der Waals surface area contributed by atoms with Crippen LogP contribution >= 0.6 is 0 Å². The van der Waals surface area contributed by atoms with Gasteiger partial charge in [0, 0.05) is 54.9 Å². The van der Waals surface area contributed by atoms with Crippen LogP contribution in [0, 0.1) is 35.5 Å². The van der Waals surface area contributed by atoms with Crippen LogP contribution < -0.4 is 4.90 Å². The molecule has 9 aliphatic carbocycles. The van der Waals surface area contributed by atoms with Crippen molar-refractivity contribution in [3.63, 3.8) is 0 Å². The van der Waals surface area contributed by atoms with Gasteiger partial charge in [-0.2, -0.15) is 0 Å². The summed E-state index contributed by atoms with van der Waals surface area (Å²) in [7, 11) is 0. The topological polar surface area (TPSA) is 98.7 Å². The van der Waals surface area contributed by atoms with E-state index < -0.39 is 5.41 Å². The lowest BCUT2D eigenvalue weighted by Gasteiger charge is -2.60. The molecule has 15 aromatic rings. The minimum Gasteiger partial charge on any atom is -0.455 e. The summed E-state index contributed by atoms with van der Waals surface area (Å²) in [5.41, 5.74) is 21.2. The molecule has 1 spiro atoms. The van der Waals surface area contributed by atoms with Crippen molar-refractivity contribution in [1.29, 1.82) is 0 Å². The van der Waals surface area contributed by atoms with Gasteiger partial charge >= 0.3 is 0 Å². The zero-order chi connectivity index (χ0) is 66.6. The molecule has 490 valence electrons. The fourth-order valence-corrected chi connectivity index (χ4v) is 22.9. The maximum absolute atomic E-state index is 7.35. The maximum Gasteiger partial charge on any atom is 0.166 e. The highest BCUT2D eigenvalue weighted by Crippen LogP contribution is 2.67. The Kier molecular flexibility index (Phi) is 12.1. The molecule has 0 amide bonds. The summed E-state index contributed by atoms with van der Waals surface area (Å²) in [6.45, 7) is 0. The van der Waals surface area contributed by atoms with Crippen LogP contribution in [0.3, 0.4) is 0 Å². The predicted octanol–water partition coefficient (Wildman–Crippen LogP) is 22.2. The van der Waals surface area contributed by atoms with Crippen molar-refractivity contribution in [3.8, 4) is 62.4 Å². The molecule has 25 rings (SSSR count). The van der Waals surface area contributed by atoms with Crippen molar-refractivity contribution in [2.75, 3.05) is 4.90 Å². The molecule has 8 fully saturated rings. The Labute approximate surface area is 592 Å². The lowest BCUT2D eigenvalue weighted by atomic mass is 9.45. The Bertz CT molecular complexity index is 5790. The van der Waals surface area contributed by atoms with Gasteiger partial charge in [0.05, 0.1) is 38.9 Å². The molecule has 11 aromatic carbocycles. The van der Waals surface area contributed by atoms with E-state index in [1.165, 1.54) is 102 Å². The van der Waals surface area contributed by atoms with E-state index in [1.54, 1.807) is 0 Å². The molecule has 5 heterocycles. The molecular formula is C93H72N8O. The van der Waals surface area contributed by atoms with Gasteiger partial charge in [0.1, 0.15) is 22.8 Å². The van der Waals surface area contributed by atoms with Gasteiger partial charge < -0.3 is 13.9 Å². The molecule has 102 heavy (non-hydrogen) atoms. The number of benzene rings is 11. The van der Waals surface area contributed by atoms with Crippen molar-refractivity contribution >= 4 is 60.8 Å². The number of nitrogens with zero attached hydrogens (tertiary/aromatic N) is 8. The Hall–Kier alpha value is -11.2. The van der Waals surface area contributed by atoms with Gasteiger partial charge in [0.25, 0.3) is 0 Å². The highest BCUT2D eigenvalue weighted by atomic mass is 16.3. The van der Waals surface area contributed by atoms with Crippen LogP contribution in [-0.4, -0.2) is 34.5 Å². The standard InChI is InChI=1S/C93H72N8O/c1-3-19-59(20-4-1)85-94-86(60-21-5-2-6-22-60)96-88(95-85)71-26-10-16-32-77(71)101-76-31-15-9-25-70(76)83-80(101)42-41-69-68-40-37-62(48-81(68)102-84(69)83)82-63-46-58-47-64(82)54-92(52-58,53-63)90-98-87(97-89(99-90)91-49-55-43-56(50-91)45-57(44-55)51-91)61-35-38-65(39-36-61)100-78-33-17-13-29-74(78)93(75-30-14-18-34-79(75)100)72-27-11-7-23-66(72)67-24-8-12-28-73(67)93/h1-42,48,55-58,63-64,82H,43-47,49-54H2. The lowest BCUT2D eigenvalue weighted by molar-refractivity contribution is -0.0309. The van der Waals surface area contributed by atoms with Gasteiger partial charge in [0.2, 0.25) is 0 Å². The number of anilines is 3. The van der Waals surface area contributed by atoms with E-state index in [9.17, 15) is 0 Å². The van der Waals surface area contributed by atoms with Gasteiger partial charge in [-0.3, -0.25) is 0 Å². The second-order valence-corrected chi connectivity index (χ2v) is 31.6. The summed E-state index contributed by atoms with van der Waals surface area (Å²) in [5, 5.41) is 4.53. The van der Waals surface area contributed by atoms with E-state index in [1.807, 2.05) is 36.4 Å². The van der Waals surface area contributed by atoms with Crippen LogP contribution in [0.25, 0.3) is 106 Å². The van der Waals surface area contributed by atoms with Crippen LogP contribution in [0.5, 0.6) is 0 Å². The Morgan fingerprint density at radius 2 is 0.824 bits per heavy atom. The summed E-state index contributed by atoms with van der Waals surface area (Å²) in [6, 6.07) is 95.3. The van der Waals surface area contributed by atoms with Crippen LogP contribution in [0.2, 0.25) is 0 Å². The summed E-state index contributed by atoms with van der Waals surface area (Å²) >= 11 is 0. The van der Waals surface area contributed by atoms with E-state index >= 15 is 0 Å². The molecule has 0 saturated heterocycles. The van der Waals surface area contributed by atoms with E-state index in [-0.39, 0.29) is 10.8 Å². The fourth-order valence-electron chi connectivity index (χ4n) is 22.9. The Morgan fingerprint density at radius 1 is 0.343 bits per heavy atom. The Balaban J connectivity index is 0.603. The largest absolute Gasteiger partial charge is 0.455 e. The van der Waals surface area contributed by atoms with E-state index in [0.29, 0.717) is 41.1 Å². The van der Waals surface area contributed by atoms with E-state index in [0.717, 1.165) is 132 Å². The third kappa shape index (κ3) is 8.22. The van der Waals surface area contributed by atoms with Crippen molar-refractivity contribution in [2.24, 2.45) is 35.5 Å². The highest BCUT2D eigenvalue weighted by molar-refractivity contribution is 6.24. The van der Waals surface area contributed by atoms with Crippen molar-refractivity contribution in [3.05, 3.63) is 300 Å². The highest BCUT2D eigenvalue weighted by Gasteiger charge is 2.59. The van der Waals surface area contributed by atoms with Crippen molar-refractivity contribution < 1.29 is 4.42 Å². The Morgan fingerprint density at radius 3 is 1.44 bits per heavy atom. The predicted molar refractivity (Wildman–Crippen MR) is 406 cm³/mol. The molecule has 9 nitrogen and oxygen atoms in total. The zero-order valence-electron chi connectivity index (χ0n) is 56.6. The van der Waals surface area contributed by atoms with Crippen molar-refractivity contribution in [1.82, 2.24) is 34.5 Å². The number of rotatable bonds is 9. The third-order valence-electron chi connectivity index (χ3n) is 26.1. The minimum absolute atomic E-state index is 0.0169. The summed E-state index contributed by atoms with van der Waals surface area (Å²) in [6.07, 6.45) is 13.7. The smallest absolute Gasteiger partial charge is 0.166 e. The maximum atomic E-state index is 7.35. The number of fused-ring (bicyclic) bond motifs is 16. The molecule has 9 heteroatoms. The van der Waals surface area contributed by atoms with Gasteiger partial charge in [-0.05, 0) is 224 Å². The number of aromatic nitrogens is 7. The minimum atomic E-state index is -0.456. The van der Waals surface area contributed by atoms with E-state index in [4.69, 9.17) is 34.3 Å². The first kappa shape index (κ1) is 57.6. The summed E-state index contributed by atoms with van der Waals surface area (Å²) < 4.78 is 9.73. The third-order valence-corrected chi connectivity index (χ3v) is 26.1. The molecular weight excluding hydrogens is 1250 g/mol. The second-order valence-electron chi connectivity index (χ2n) is 31.6. The molecule has 2 atom stereocenters. The SMILES string of the molecule is c1ccc(-c2nc(-c3ccccc3)nc(-c3ccccc3-n3c4ccccc4c4c5oc6cc(C7C8CC9CC7CC(c7nc(-c%10ccc(N%11c%12ccccc%12C%12(c%13ccccc%13-c%13ccccc%13%12)c%12ccccc%12%11)cc%10)nc(C%10%11CC%12CC(CC(C%12)C%10)C%11)n7)(C9)C8)ccc6c5ccc43)n2)cc1. The first-order valence-electron chi connectivity index (χ1n) is 37.3. The fraction of sp³-hybridized carbons (Fsp3) is 0.226. The van der Waals surface area contributed by atoms with Gasteiger partial charge in [-0.1, -0.05) is 188 Å². The van der Waals surface area contributed by atoms with E-state index in [2.05, 4.69) is 234 Å². The number of furan rings is 1. The monoisotopic (exact) mass is 1320 g/mol. The quantitative estimate of drug-likeness (QED) is 0.141. The van der Waals surface area contributed by atoms with Crippen LogP contribution in [0.15, 0.2) is 265 Å². The number of hydrogen-bond acceptors (Lipinski definition) is 8. The molecule has 10 aliphatic rings. The number of hydrogen-bond donors (Lipinski definition) is 0. The molecule has 8 saturated carbocycles. The first-order valence-corrected chi connectivity index (χ1v) is 37.3. The second kappa shape index (κ2) is 21.4. The normalized spacial score (nSPS) is 24.3. The molecule has 4 aromatic heterocycles. The average molecular weight is 1320 g/mol. The molecule has 1 aliphatic heterocycles. The lowest BCUT2D eigenvalue weighted by Crippen LogP contribution is -2.53. The summed E-state index contributed by atoms with van der Waals surface area (Å²) in [4.78, 5) is 35.6. The van der Waals surface area contributed by atoms with Gasteiger partial charge in [-0.25, -0.2) is 29.9 Å². The van der Waals surface area contributed by atoms with Gasteiger partial charge in [-0.15, -0.1) is 0 Å². The van der Waals surface area contributed by atoms with Crippen LogP contribution in [-0.2, 0) is 16.2 Å². The average Bonchev–Trinajstić information content (AvgIpc) is 1.47. The van der Waals surface area contributed by atoms with Gasteiger partial charge in [0.15, 0.2) is 23.3 Å². The molecule has 0 radical (unpaired) electrons. The molecule has 0 N–H and O–H groups in total. The number of para-hydroxylation sites is 4. The zero-order valence-corrected chi connectivity index (χ0v) is 56.6. The summed E-state index contributed by atoms with van der Waals surface area (Å²) in [5.74, 6) is 9.36. The molecule has 2 unspecified atom stereocenters.